The SMILES string of the molecule is Cc1ccccc1OP(=O)(Cl)Oc1ccccc1C. The van der Waals surface area contributed by atoms with Gasteiger partial charge in [-0.2, -0.15) is 0 Å². The summed E-state index contributed by atoms with van der Waals surface area (Å²) in [5.74, 6) is 0.906. The van der Waals surface area contributed by atoms with Crippen LogP contribution in [0.4, 0.5) is 0 Å². The van der Waals surface area contributed by atoms with E-state index in [1.165, 1.54) is 0 Å². The molecule has 0 heterocycles. The Morgan fingerprint density at radius 3 is 1.58 bits per heavy atom. The Morgan fingerprint density at radius 2 is 1.21 bits per heavy atom. The van der Waals surface area contributed by atoms with Gasteiger partial charge in [-0.25, -0.2) is 4.57 Å². The molecule has 0 N–H and O–H groups in total. The highest BCUT2D eigenvalue weighted by Crippen LogP contribution is 2.54. The first-order valence-electron chi connectivity index (χ1n) is 5.78. The molecule has 0 saturated carbocycles. The standard InChI is InChI=1S/C14H14ClO3P/c1-11-7-3-5-9-13(11)17-19(15,16)18-14-10-6-4-8-12(14)2/h3-10H,1-2H3. The largest absolute Gasteiger partial charge is 0.530 e. The van der Waals surface area contributed by atoms with Crippen molar-refractivity contribution >= 4 is 18.2 Å². The lowest BCUT2D eigenvalue weighted by atomic mass is 10.2. The van der Waals surface area contributed by atoms with Gasteiger partial charge in [0, 0.05) is 11.2 Å². The Labute approximate surface area is 117 Å². The lowest BCUT2D eigenvalue weighted by Gasteiger charge is -2.16. The molecule has 2 rings (SSSR count). The minimum Gasteiger partial charge on any atom is -0.404 e. The first-order valence-corrected chi connectivity index (χ1v) is 8.23. The summed E-state index contributed by atoms with van der Waals surface area (Å²) in [7, 11) is 0. The smallest absolute Gasteiger partial charge is 0.404 e. The number of halogens is 1. The highest BCUT2D eigenvalue weighted by atomic mass is 35.7. The minimum absolute atomic E-state index is 0.453. The van der Waals surface area contributed by atoms with Gasteiger partial charge in [0.05, 0.1) is 0 Å². The normalized spacial score (nSPS) is 11.1. The molecule has 0 aromatic heterocycles. The Morgan fingerprint density at radius 1 is 0.842 bits per heavy atom. The van der Waals surface area contributed by atoms with Crippen LogP contribution in [0, 0.1) is 13.8 Å². The Bertz CT molecular complexity index is 576. The summed E-state index contributed by atoms with van der Waals surface area (Å²) in [4.78, 5) is 0. The first kappa shape index (κ1) is 14.0. The van der Waals surface area contributed by atoms with Crippen LogP contribution in [0.1, 0.15) is 11.1 Å². The molecule has 3 nitrogen and oxygen atoms in total. The van der Waals surface area contributed by atoms with Crippen LogP contribution in [0.2, 0.25) is 0 Å². The third kappa shape index (κ3) is 3.76. The summed E-state index contributed by atoms with van der Waals surface area (Å²) in [5.41, 5.74) is 1.69. The molecule has 19 heavy (non-hydrogen) atoms. The maximum Gasteiger partial charge on any atom is 0.530 e. The third-order valence-corrected chi connectivity index (χ3v) is 3.85. The van der Waals surface area contributed by atoms with Crippen molar-refractivity contribution in [3.8, 4) is 11.5 Å². The van der Waals surface area contributed by atoms with E-state index in [9.17, 15) is 4.57 Å². The molecule has 0 amide bonds. The average Bonchev–Trinajstić information content (AvgIpc) is 2.35. The van der Waals surface area contributed by atoms with E-state index in [-0.39, 0.29) is 0 Å². The molecule has 0 unspecified atom stereocenters. The molecule has 0 aliphatic rings. The summed E-state index contributed by atoms with van der Waals surface area (Å²) in [6.07, 6.45) is 0. The molecule has 0 fully saturated rings. The van der Waals surface area contributed by atoms with E-state index in [0.717, 1.165) is 11.1 Å². The molecule has 0 bridgehead atoms. The number of hydrogen-bond acceptors (Lipinski definition) is 3. The van der Waals surface area contributed by atoms with Crippen molar-refractivity contribution < 1.29 is 13.6 Å². The monoisotopic (exact) mass is 296 g/mol. The van der Waals surface area contributed by atoms with Crippen molar-refractivity contribution in [1.29, 1.82) is 0 Å². The number of benzene rings is 2. The van der Waals surface area contributed by atoms with Crippen molar-refractivity contribution in [2.75, 3.05) is 0 Å². The van der Waals surface area contributed by atoms with Crippen LogP contribution in [-0.2, 0) is 4.57 Å². The molecule has 2 aromatic rings. The fraction of sp³-hybridized carbons (Fsp3) is 0.143. The van der Waals surface area contributed by atoms with Gasteiger partial charge in [-0.05, 0) is 37.1 Å². The molecule has 5 heteroatoms. The zero-order valence-corrected chi connectivity index (χ0v) is 12.3. The molecule has 0 aliphatic heterocycles. The van der Waals surface area contributed by atoms with E-state index < -0.39 is 6.95 Å². The predicted molar refractivity (Wildman–Crippen MR) is 77.1 cm³/mol. The second kappa shape index (κ2) is 5.68. The van der Waals surface area contributed by atoms with E-state index in [1.54, 1.807) is 24.3 Å². The number of hydrogen-bond donors (Lipinski definition) is 0. The van der Waals surface area contributed by atoms with E-state index in [0.29, 0.717) is 11.5 Å². The minimum atomic E-state index is -3.72. The summed E-state index contributed by atoms with van der Waals surface area (Å²) in [6, 6.07) is 14.4. The number of rotatable bonds is 4. The molecule has 2 aromatic carbocycles. The summed E-state index contributed by atoms with van der Waals surface area (Å²) >= 11 is 5.86. The summed E-state index contributed by atoms with van der Waals surface area (Å²) < 4.78 is 22.8. The van der Waals surface area contributed by atoms with Gasteiger partial charge in [-0.15, -0.1) is 0 Å². The van der Waals surface area contributed by atoms with Crippen molar-refractivity contribution in [1.82, 2.24) is 0 Å². The van der Waals surface area contributed by atoms with Crippen LogP contribution in [-0.4, -0.2) is 0 Å². The molecule has 0 atom stereocenters. The van der Waals surface area contributed by atoms with E-state index in [1.807, 2.05) is 38.1 Å². The van der Waals surface area contributed by atoms with Crippen molar-refractivity contribution in [2.24, 2.45) is 0 Å². The number of para-hydroxylation sites is 2. The van der Waals surface area contributed by atoms with Gasteiger partial charge >= 0.3 is 6.95 Å². The van der Waals surface area contributed by atoms with E-state index in [4.69, 9.17) is 20.3 Å². The van der Waals surface area contributed by atoms with Crippen molar-refractivity contribution in [3.63, 3.8) is 0 Å². The van der Waals surface area contributed by atoms with Crippen LogP contribution in [0.15, 0.2) is 48.5 Å². The van der Waals surface area contributed by atoms with Gasteiger partial charge < -0.3 is 9.05 Å². The molecule has 0 saturated heterocycles. The van der Waals surface area contributed by atoms with Crippen LogP contribution >= 0.6 is 18.2 Å². The summed E-state index contributed by atoms with van der Waals surface area (Å²) in [5, 5.41) is 0. The highest BCUT2D eigenvalue weighted by molar-refractivity contribution is 7.82. The Kier molecular flexibility index (Phi) is 4.18. The lowest BCUT2D eigenvalue weighted by molar-refractivity contribution is 0.404. The Hall–Kier alpha value is -1.44. The summed E-state index contributed by atoms with van der Waals surface area (Å²) in [6.45, 7) is -0.0236. The van der Waals surface area contributed by atoms with Gasteiger partial charge in [-0.1, -0.05) is 36.4 Å². The molecule has 100 valence electrons. The van der Waals surface area contributed by atoms with E-state index in [2.05, 4.69) is 0 Å². The van der Waals surface area contributed by atoms with Gasteiger partial charge in [0.15, 0.2) is 0 Å². The molecule has 0 radical (unpaired) electrons. The zero-order valence-electron chi connectivity index (χ0n) is 10.7. The number of aryl methyl sites for hydroxylation is 2. The molecule has 0 spiro atoms. The van der Waals surface area contributed by atoms with Gasteiger partial charge in [0.2, 0.25) is 0 Å². The predicted octanol–water partition coefficient (Wildman–Crippen LogP) is 5.11. The maximum atomic E-state index is 12.2. The van der Waals surface area contributed by atoms with Gasteiger partial charge in [0.25, 0.3) is 0 Å². The second-order valence-corrected chi connectivity index (χ2v) is 6.61. The molecular weight excluding hydrogens is 283 g/mol. The van der Waals surface area contributed by atoms with Gasteiger partial charge in [-0.3, -0.25) is 0 Å². The van der Waals surface area contributed by atoms with Crippen molar-refractivity contribution in [3.05, 3.63) is 59.7 Å². The van der Waals surface area contributed by atoms with Crippen molar-refractivity contribution in [2.45, 2.75) is 13.8 Å². The van der Waals surface area contributed by atoms with Gasteiger partial charge in [0.1, 0.15) is 11.5 Å². The highest BCUT2D eigenvalue weighted by Gasteiger charge is 2.26. The fourth-order valence-electron chi connectivity index (χ4n) is 1.57. The third-order valence-electron chi connectivity index (χ3n) is 2.60. The quantitative estimate of drug-likeness (QED) is 0.736. The molecular formula is C14H14ClO3P. The lowest BCUT2D eigenvalue weighted by Crippen LogP contribution is -1.97. The van der Waals surface area contributed by atoms with Crippen LogP contribution < -0.4 is 9.05 Å². The maximum absolute atomic E-state index is 12.2. The van der Waals surface area contributed by atoms with Crippen LogP contribution in [0.5, 0.6) is 11.5 Å². The zero-order chi connectivity index (χ0) is 13.9. The first-order chi connectivity index (χ1) is 8.98. The fourth-order valence-corrected chi connectivity index (χ4v) is 2.93. The topological polar surface area (TPSA) is 35.5 Å². The van der Waals surface area contributed by atoms with Crippen LogP contribution in [0.3, 0.4) is 0 Å². The Balaban J connectivity index is 2.18. The second-order valence-electron chi connectivity index (χ2n) is 4.14. The molecule has 0 aliphatic carbocycles. The average molecular weight is 297 g/mol. The van der Waals surface area contributed by atoms with E-state index >= 15 is 0 Å². The van der Waals surface area contributed by atoms with Crippen LogP contribution in [0.25, 0.3) is 0 Å².